The maximum atomic E-state index is 12.9. The second kappa shape index (κ2) is 6.41. The number of ether oxygens (including phenoxy) is 4. The molecule has 5 rings (SSSR count). The van der Waals surface area contributed by atoms with Crippen LogP contribution in [0.5, 0.6) is 23.0 Å². The highest BCUT2D eigenvalue weighted by Crippen LogP contribution is 2.43. The number of nitro benzene ring substituents is 1. The number of amidine groups is 1. The van der Waals surface area contributed by atoms with E-state index in [9.17, 15) is 14.9 Å². The van der Waals surface area contributed by atoms with Gasteiger partial charge in [0.05, 0.1) is 27.1 Å². The first-order valence-electron chi connectivity index (χ1n) is 8.31. The number of carbonyl (C=O) groups excluding carboxylic acids is 1. The summed E-state index contributed by atoms with van der Waals surface area (Å²) in [5.74, 6) is 1.22. The summed E-state index contributed by atoms with van der Waals surface area (Å²) in [4.78, 5) is 25.2. The third-order valence-electron chi connectivity index (χ3n) is 4.44. The minimum atomic E-state index is -0.556. The van der Waals surface area contributed by atoms with E-state index in [4.69, 9.17) is 24.4 Å². The summed E-state index contributed by atoms with van der Waals surface area (Å²) in [6.07, 6.45) is 1.38. The number of rotatable bonds is 3. The minimum Gasteiger partial charge on any atom is -0.454 e. The summed E-state index contributed by atoms with van der Waals surface area (Å²) >= 11 is 0.912. The Morgan fingerprint density at radius 2 is 1.69 bits per heavy atom. The summed E-state index contributed by atoms with van der Waals surface area (Å²) in [6.45, 7) is 0.0700. The molecule has 0 radical (unpaired) electrons. The third-order valence-corrected chi connectivity index (χ3v) is 5.33. The molecule has 11 heteroatoms. The molecule has 1 fully saturated rings. The number of hydrogen-bond donors (Lipinski definition) is 1. The molecular weight excluding hydrogens is 402 g/mol. The Hall–Kier alpha value is -3.73. The van der Waals surface area contributed by atoms with Crippen LogP contribution >= 0.6 is 11.8 Å². The van der Waals surface area contributed by atoms with Crippen LogP contribution in [0, 0.1) is 15.5 Å². The number of hydrogen-bond acceptors (Lipinski definition) is 9. The van der Waals surface area contributed by atoms with Gasteiger partial charge < -0.3 is 18.9 Å². The SMILES string of the molecule is N=C1S/C(=C/c2cc3c(cc2[N+](=O)[O-])OCO3)C(=O)N1c1ccc2c(c1)OCO2. The van der Waals surface area contributed by atoms with E-state index in [-0.39, 0.29) is 40.7 Å². The highest BCUT2D eigenvalue weighted by atomic mass is 32.2. The zero-order chi connectivity index (χ0) is 20.1. The molecule has 29 heavy (non-hydrogen) atoms. The predicted octanol–water partition coefficient (Wildman–Crippen LogP) is 3.11. The van der Waals surface area contributed by atoms with E-state index < -0.39 is 10.8 Å². The fraction of sp³-hybridized carbons (Fsp3) is 0.111. The topological polar surface area (TPSA) is 124 Å². The summed E-state index contributed by atoms with van der Waals surface area (Å²) < 4.78 is 21.0. The summed E-state index contributed by atoms with van der Waals surface area (Å²) in [6, 6.07) is 7.63. The fourth-order valence-corrected chi connectivity index (χ4v) is 3.96. The Bertz CT molecular complexity index is 1130. The van der Waals surface area contributed by atoms with Crippen molar-refractivity contribution in [2.75, 3.05) is 18.5 Å². The number of nitrogens with zero attached hydrogens (tertiary/aromatic N) is 2. The highest BCUT2D eigenvalue weighted by molar-refractivity contribution is 8.19. The number of nitro groups is 1. The molecule has 0 aromatic heterocycles. The van der Waals surface area contributed by atoms with E-state index in [0.717, 1.165) is 11.8 Å². The molecule has 3 aliphatic rings. The highest BCUT2D eigenvalue weighted by Gasteiger charge is 2.35. The Morgan fingerprint density at radius 1 is 1.03 bits per heavy atom. The lowest BCUT2D eigenvalue weighted by Gasteiger charge is -2.14. The molecule has 0 saturated carbocycles. The molecule has 3 heterocycles. The average Bonchev–Trinajstić information content (AvgIpc) is 3.40. The van der Waals surface area contributed by atoms with E-state index >= 15 is 0 Å². The fourth-order valence-electron chi connectivity index (χ4n) is 3.11. The first-order chi connectivity index (χ1) is 14.0. The molecule has 1 N–H and O–H groups in total. The summed E-state index contributed by atoms with van der Waals surface area (Å²) in [5.41, 5.74) is 0.416. The Kier molecular flexibility index (Phi) is 3.84. The van der Waals surface area contributed by atoms with Crippen molar-refractivity contribution >= 4 is 40.3 Å². The third kappa shape index (κ3) is 2.83. The molecule has 146 valence electrons. The number of amides is 1. The van der Waals surface area contributed by atoms with Gasteiger partial charge in [0.15, 0.2) is 28.2 Å². The summed E-state index contributed by atoms with van der Waals surface area (Å²) in [5, 5.41) is 19.6. The first-order valence-corrected chi connectivity index (χ1v) is 9.13. The first kappa shape index (κ1) is 17.4. The zero-order valence-corrected chi connectivity index (χ0v) is 15.4. The number of anilines is 1. The number of thioether (sulfide) groups is 1. The second-order valence-corrected chi connectivity index (χ2v) is 7.15. The van der Waals surface area contributed by atoms with Crippen LogP contribution in [-0.4, -0.2) is 29.6 Å². The molecule has 0 unspecified atom stereocenters. The van der Waals surface area contributed by atoms with Crippen molar-refractivity contribution in [1.29, 1.82) is 5.41 Å². The molecule has 0 aliphatic carbocycles. The minimum absolute atomic E-state index is 0.0245. The van der Waals surface area contributed by atoms with Gasteiger partial charge >= 0.3 is 0 Å². The van der Waals surface area contributed by atoms with E-state index in [2.05, 4.69) is 0 Å². The lowest BCUT2D eigenvalue weighted by atomic mass is 10.1. The van der Waals surface area contributed by atoms with Crippen LogP contribution in [0.15, 0.2) is 35.2 Å². The van der Waals surface area contributed by atoms with Gasteiger partial charge in [-0.05, 0) is 36.0 Å². The number of benzene rings is 2. The Labute approximate surface area is 167 Å². The molecule has 1 amide bonds. The zero-order valence-electron chi connectivity index (χ0n) is 14.5. The van der Waals surface area contributed by atoms with E-state index in [0.29, 0.717) is 22.9 Å². The lowest BCUT2D eigenvalue weighted by molar-refractivity contribution is -0.385. The number of carbonyl (C=O) groups is 1. The van der Waals surface area contributed by atoms with Gasteiger partial charge in [-0.1, -0.05) is 0 Å². The molecule has 0 atom stereocenters. The van der Waals surface area contributed by atoms with Crippen LogP contribution in [0.25, 0.3) is 6.08 Å². The van der Waals surface area contributed by atoms with E-state index in [1.807, 2.05) is 0 Å². The number of fused-ring (bicyclic) bond motifs is 2. The molecule has 2 aromatic rings. The van der Waals surface area contributed by atoms with Crippen LogP contribution < -0.4 is 23.8 Å². The van der Waals surface area contributed by atoms with Crippen molar-refractivity contribution in [3.8, 4) is 23.0 Å². The van der Waals surface area contributed by atoms with Crippen LogP contribution in [0.1, 0.15) is 5.56 Å². The van der Waals surface area contributed by atoms with Gasteiger partial charge in [0, 0.05) is 6.07 Å². The predicted molar refractivity (Wildman–Crippen MR) is 103 cm³/mol. The second-order valence-electron chi connectivity index (χ2n) is 6.12. The van der Waals surface area contributed by atoms with Crippen molar-refractivity contribution in [1.82, 2.24) is 0 Å². The molecule has 0 bridgehead atoms. The van der Waals surface area contributed by atoms with Crippen molar-refractivity contribution in [2.24, 2.45) is 0 Å². The van der Waals surface area contributed by atoms with Gasteiger partial charge in [0.2, 0.25) is 13.6 Å². The largest absolute Gasteiger partial charge is 0.454 e. The molecule has 2 aromatic carbocycles. The average molecular weight is 413 g/mol. The van der Waals surface area contributed by atoms with Gasteiger partial charge in [-0.15, -0.1) is 0 Å². The molecule has 0 spiro atoms. The summed E-state index contributed by atoms with van der Waals surface area (Å²) in [7, 11) is 0. The molecule has 3 aliphatic heterocycles. The van der Waals surface area contributed by atoms with Crippen LogP contribution in [0.3, 0.4) is 0 Å². The van der Waals surface area contributed by atoms with Gasteiger partial charge in [-0.3, -0.25) is 25.2 Å². The van der Waals surface area contributed by atoms with Crippen molar-refractivity contribution in [3.63, 3.8) is 0 Å². The molecule has 10 nitrogen and oxygen atoms in total. The smallest absolute Gasteiger partial charge is 0.280 e. The van der Waals surface area contributed by atoms with Gasteiger partial charge in [-0.25, -0.2) is 0 Å². The van der Waals surface area contributed by atoms with Gasteiger partial charge in [0.1, 0.15) is 0 Å². The normalized spacial score (nSPS) is 18.1. The van der Waals surface area contributed by atoms with E-state index in [1.54, 1.807) is 18.2 Å². The standard InChI is InChI=1S/C18H11N3O7S/c19-18-20(10-1-2-12-14(5-10)27-7-25-12)17(22)16(29-18)4-9-3-13-15(28-8-26-13)6-11(9)21(23)24/h1-6,19H,7-8H2/b16-4+,19-18?. The van der Waals surface area contributed by atoms with Crippen molar-refractivity contribution in [3.05, 3.63) is 50.9 Å². The number of nitrogens with one attached hydrogen (secondary N) is 1. The maximum absolute atomic E-state index is 12.9. The Balaban J connectivity index is 1.52. The Morgan fingerprint density at radius 3 is 2.41 bits per heavy atom. The van der Waals surface area contributed by atoms with Crippen LogP contribution in [-0.2, 0) is 4.79 Å². The van der Waals surface area contributed by atoms with Crippen molar-refractivity contribution < 1.29 is 28.7 Å². The van der Waals surface area contributed by atoms with Crippen molar-refractivity contribution in [2.45, 2.75) is 0 Å². The van der Waals surface area contributed by atoms with E-state index in [1.165, 1.54) is 23.1 Å². The molecular formula is C18H11N3O7S. The van der Waals surface area contributed by atoms with Crippen LogP contribution in [0.4, 0.5) is 11.4 Å². The van der Waals surface area contributed by atoms with Gasteiger partial charge in [-0.2, -0.15) is 0 Å². The van der Waals surface area contributed by atoms with Gasteiger partial charge in [0.25, 0.3) is 11.6 Å². The lowest BCUT2D eigenvalue weighted by Crippen LogP contribution is -2.28. The molecule has 1 saturated heterocycles. The van der Waals surface area contributed by atoms with Crippen LogP contribution in [0.2, 0.25) is 0 Å². The monoisotopic (exact) mass is 413 g/mol. The quantitative estimate of drug-likeness (QED) is 0.462. The maximum Gasteiger partial charge on any atom is 0.280 e.